The number of hydrogen-bond donors (Lipinski definition) is 2. The Bertz CT molecular complexity index is 966. The van der Waals surface area contributed by atoms with E-state index in [0.717, 1.165) is 16.3 Å². The van der Waals surface area contributed by atoms with Crippen LogP contribution in [0.5, 0.6) is 0 Å². The molecule has 0 aliphatic carbocycles. The Morgan fingerprint density at radius 3 is 2.56 bits per heavy atom. The van der Waals surface area contributed by atoms with Crippen LogP contribution in [0.3, 0.4) is 0 Å². The van der Waals surface area contributed by atoms with E-state index in [2.05, 4.69) is 10.6 Å². The van der Waals surface area contributed by atoms with Gasteiger partial charge in [-0.05, 0) is 29.3 Å². The second-order valence-corrected chi connectivity index (χ2v) is 6.31. The van der Waals surface area contributed by atoms with E-state index in [1.165, 1.54) is 6.07 Å². The van der Waals surface area contributed by atoms with E-state index in [1.54, 1.807) is 18.2 Å². The van der Waals surface area contributed by atoms with Crippen LogP contribution in [0.15, 0.2) is 66.7 Å². The fourth-order valence-corrected chi connectivity index (χ4v) is 3.11. The predicted octanol–water partition coefficient (Wildman–Crippen LogP) is 4.43. The first kappa shape index (κ1) is 18.4. The van der Waals surface area contributed by atoms with E-state index in [4.69, 9.17) is 0 Å². The topological polar surface area (TPSA) is 84.3 Å². The second kappa shape index (κ2) is 8.31. The van der Waals surface area contributed by atoms with Gasteiger partial charge in [-0.2, -0.15) is 0 Å². The maximum atomic E-state index is 12.3. The first-order valence-electron chi connectivity index (χ1n) is 8.80. The minimum absolute atomic E-state index is 0.00188. The van der Waals surface area contributed by atoms with Crippen LogP contribution in [-0.4, -0.2) is 17.4 Å². The lowest BCUT2D eigenvalue weighted by Gasteiger charge is -2.17. The molecule has 0 fully saturated rings. The first-order valence-corrected chi connectivity index (χ1v) is 8.80. The van der Waals surface area contributed by atoms with Crippen molar-refractivity contribution in [2.45, 2.75) is 19.4 Å². The summed E-state index contributed by atoms with van der Waals surface area (Å²) in [5.41, 5.74) is 1.48. The molecule has 27 heavy (non-hydrogen) atoms. The van der Waals surface area contributed by atoms with Gasteiger partial charge in [0.05, 0.1) is 11.0 Å². The van der Waals surface area contributed by atoms with Crippen LogP contribution in [-0.2, 0) is 4.79 Å². The third-order valence-electron chi connectivity index (χ3n) is 4.44. The number of nitrogens with one attached hydrogen (secondary N) is 2. The molecule has 1 atom stereocenters. The van der Waals surface area contributed by atoms with Crippen molar-refractivity contribution < 1.29 is 9.72 Å². The van der Waals surface area contributed by atoms with E-state index >= 15 is 0 Å². The van der Waals surface area contributed by atoms with Crippen LogP contribution < -0.4 is 10.6 Å². The van der Waals surface area contributed by atoms with Gasteiger partial charge >= 0.3 is 0 Å². The molecule has 6 nitrogen and oxygen atoms in total. The number of nitrogens with zero attached hydrogens (tertiary/aromatic N) is 1. The van der Waals surface area contributed by atoms with Gasteiger partial charge in [-0.25, -0.2) is 0 Å². The molecule has 0 aliphatic rings. The maximum Gasteiger partial charge on any atom is 0.292 e. The number of nitro groups is 1. The maximum absolute atomic E-state index is 12.3. The smallest absolute Gasteiger partial charge is 0.292 e. The number of benzene rings is 3. The molecule has 1 unspecified atom stereocenters. The highest BCUT2D eigenvalue weighted by Crippen LogP contribution is 2.25. The van der Waals surface area contributed by atoms with Crippen molar-refractivity contribution >= 4 is 28.1 Å². The molecule has 0 radical (unpaired) electrons. The molecule has 0 aliphatic heterocycles. The Morgan fingerprint density at radius 2 is 1.74 bits per heavy atom. The normalized spacial score (nSPS) is 11.7. The zero-order chi connectivity index (χ0) is 19.2. The van der Waals surface area contributed by atoms with Crippen molar-refractivity contribution in [2.24, 2.45) is 0 Å². The molecule has 0 aromatic heterocycles. The summed E-state index contributed by atoms with van der Waals surface area (Å²) in [5.74, 6) is -0.110. The van der Waals surface area contributed by atoms with E-state index in [-0.39, 0.29) is 24.1 Å². The molecule has 3 aromatic carbocycles. The first-order chi connectivity index (χ1) is 13.1. The van der Waals surface area contributed by atoms with Crippen molar-refractivity contribution in [3.8, 4) is 0 Å². The number of carbonyl (C=O) groups excluding carboxylic acids is 1. The van der Waals surface area contributed by atoms with Gasteiger partial charge in [0, 0.05) is 19.0 Å². The molecule has 1 amide bonds. The fourth-order valence-electron chi connectivity index (χ4n) is 3.11. The molecule has 3 rings (SSSR count). The van der Waals surface area contributed by atoms with Gasteiger partial charge in [-0.3, -0.25) is 14.9 Å². The average molecular weight is 363 g/mol. The lowest BCUT2D eigenvalue weighted by atomic mass is 9.99. The van der Waals surface area contributed by atoms with Crippen LogP contribution in [0.4, 0.5) is 11.4 Å². The van der Waals surface area contributed by atoms with Crippen LogP contribution in [0, 0.1) is 10.1 Å². The van der Waals surface area contributed by atoms with E-state index < -0.39 is 4.92 Å². The van der Waals surface area contributed by atoms with E-state index in [1.807, 2.05) is 49.4 Å². The van der Waals surface area contributed by atoms with Gasteiger partial charge in [0.2, 0.25) is 5.91 Å². The highest BCUT2D eigenvalue weighted by molar-refractivity contribution is 5.87. The van der Waals surface area contributed by atoms with Crippen molar-refractivity contribution in [3.63, 3.8) is 0 Å². The van der Waals surface area contributed by atoms with Crippen molar-refractivity contribution in [3.05, 3.63) is 82.4 Å². The average Bonchev–Trinajstić information content (AvgIpc) is 2.67. The molecular weight excluding hydrogens is 342 g/mol. The third-order valence-corrected chi connectivity index (χ3v) is 4.44. The minimum Gasteiger partial charge on any atom is -0.379 e. The molecular formula is C21H21N3O3. The third kappa shape index (κ3) is 4.41. The number of para-hydroxylation sites is 2. The standard InChI is InChI=1S/C21H21N3O3/c1-15(17-10-6-8-16-7-2-3-9-18(16)17)23-21(25)13-14-22-19-11-4-5-12-20(19)24(26)27/h2-12,15,22H,13-14H2,1H3,(H,23,25). The van der Waals surface area contributed by atoms with E-state index in [9.17, 15) is 14.9 Å². The van der Waals surface area contributed by atoms with Crippen LogP contribution in [0.1, 0.15) is 24.9 Å². The molecule has 3 aromatic rings. The van der Waals surface area contributed by atoms with Crippen LogP contribution in [0.2, 0.25) is 0 Å². The number of fused-ring (bicyclic) bond motifs is 1. The summed E-state index contributed by atoms with van der Waals surface area (Å²) in [7, 11) is 0. The summed E-state index contributed by atoms with van der Waals surface area (Å²) in [5, 5.41) is 19.2. The van der Waals surface area contributed by atoms with E-state index in [0.29, 0.717) is 12.2 Å². The van der Waals surface area contributed by atoms with Crippen LogP contribution >= 0.6 is 0 Å². The molecule has 0 spiro atoms. The molecule has 6 heteroatoms. The van der Waals surface area contributed by atoms with Crippen molar-refractivity contribution in [1.82, 2.24) is 5.32 Å². The minimum atomic E-state index is -0.439. The fraction of sp³-hybridized carbons (Fsp3) is 0.190. The number of amides is 1. The molecule has 2 N–H and O–H groups in total. The lowest BCUT2D eigenvalue weighted by Crippen LogP contribution is -2.28. The Hall–Kier alpha value is -3.41. The van der Waals surface area contributed by atoms with Crippen molar-refractivity contribution in [1.29, 1.82) is 0 Å². The summed E-state index contributed by atoms with van der Waals surface area (Å²) in [6.45, 7) is 2.27. The molecule has 138 valence electrons. The van der Waals surface area contributed by atoms with Gasteiger partial charge in [-0.1, -0.05) is 54.6 Å². The monoisotopic (exact) mass is 363 g/mol. The highest BCUT2D eigenvalue weighted by atomic mass is 16.6. The molecule has 0 bridgehead atoms. The zero-order valence-electron chi connectivity index (χ0n) is 15.0. The Labute approximate surface area is 157 Å². The predicted molar refractivity (Wildman–Crippen MR) is 107 cm³/mol. The van der Waals surface area contributed by atoms with Gasteiger partial charge in [0.15, 0.2) is 0 Å². The van der Waals surface area contributed by atoms with Gasteiger partial charge in [-0.15, -0.1) is 0 Å². The Balaban J connectivity index is 1.59. The SMILES string of the molecule is CC(NC(=O)CCNc1ccccc1[N+](=O)[O-])c1cccc2ccccc12. The summed E-state index contributed by atoms with van der Waals surface area (Å²) in [6.07, 6.45) is 0.223. The molecule has 0 saturated heterocycles. The summed E-state index contributed by atoms with van der Waals surface area (Å²) >= 11 is 0. The van der Waals surface area contributed by atoms with Crippen molar-refractivity contribution in [2.75, 3.05) is 11.9 Å². The second-order valence-electron chi connectivity index (χ2n) is 6.31. The van der Waals surface area contributed by atoms with Crippen LogP contribution in [0.25, 0.3) is 10.8 Å². The molecule has 0 heterocycles. The number of anilines is 1. The van der Waals surface area contributed by atoms with Gasteiger partial charge in [0.25, 0.3) is 5.69 Å². The number of hydrogen-bond acceptors (Lipinski definition) is 4. The number of nitro benzene ring substituents is 1. The number of carbonyl (C=O) groups is 1. The Kier molecular flexibility index (Phi) is 5.66. The molecule has 0 saturated carbocycles. The largest absolute Gasteiger partial charge is 0.379 e. The lowest BCUT2D eigenvalue weighted by molar-refractivity contribution is -0.384. The van der Waals surface area contributed by atoms with Gasteiger partial charge in [0.1, 0.15) is 5.69 Å². The summed E-state index contributed by atoms with van der Waals surface area (Å²) in [4.78, 5) is 22.9. The quantitative estimate of drug-likeness (QED) is 0.480. The van der Waals surface area contributed by atoms with Gasteiger partial charge < -0.3 is 10.6 Å². The Morgan fingerprint density at radius 1 is 1.04 bits per heavy atom. The highest BCUT2D eigenvalue weighted by Gasteiger charge is 2.14. The summed E-state index contributed by atoms with van der Waals surface area (Å²) < 4.78 is 0. The summed E-state index contributed by atoms with van der Waals surface area (Å²) in [6, 6.07) is 20.4. The zero-order valence-corrected chi connectivity index (χ0v) is 15.0. The number of rotatable bonds is 7.